The standard InChI is InChI=1S/C14H20BrN5O/c1-9(13(21)19-14(2,3)4)16-5-10-6-18-12-7-17-11(15)8-20(10)12/h6-9,16H,5H2,1-4H3,(H,19,21). The molecule has 114 valence electrons. The summed E-state index contributed by atoms with van der Waals surface area (Å²) in [6.45, 7) is 8.30. The Morgan fingerprint density at radius 3 is 2.76 bits per heavy atom. The third kappa shape index (κ3) is 4.25. The maximum atomic E-state index is 12.0. The molecular weight excluding hydrogens is 334 g/mol. The van der Waals surface area contributed by atoms with Crippen molar-refractivity contribution in [3.8, 4) is 0 Å². The molecule has 0 radical (unpaired) electrons. The molecule has 0 aromatic carbocycles. The molecule has 0 saturated heterocycles. The van der Waals surface area contributed by atoms with E-state index in [2.05, 4.69) is 36.5 Å². The highest BCUT2D eigenvalue weighted by Crippen LogP contribution is 2.10. The summed E-state index contributed by atoms with van der Waals surface area (Å²) in [5.41, 5.74) is 1.53. The van der Waals surface area contributed by atoms with Gasteiger partial charge in [-0.3, -0.25) is 9.20 Å². The summed E-state index contributed by atoms with van der Waals surface area (Å²) >= 11 is 3.34. The summed E-state index contributed by atoms with van der Waals surface area (Å²) in [6, 6.07) is -0.278. The van der Waals surface area contributed by atoms with Crippen LogP contribution in [0.2, 0.25) is 0 Å². The summed E-state index contributed by atoms with van der Waals surface area (Å²) in [6.07, 6.45) is 5.34. The zero-order valence-electron chi connectivity index (χ0n) is 12.6. The fourth-order valence-electron chi connectivity index (χ4n) is 1.88. The maximum Gasteiger partial charge on any atom is 0.237 e. The molecule has 0 aliphatic carbocycles. The second-order valence-corrected chi connectivity index (χ2v) is 6.84. The van der Waals surface area contributed by atoms with Crippen LogP contribution in [-0.4, -0.2) is 31.9 Å². The molecule has 1 atom stereocenters. The van der Waals surface area contributed by atoms with Gasteiger partial charge in [-0.15, -0.1) is 0 Å². The third-order valence-corrected chi connectivity index (χ3v) is 3.33. The molecule has 6 nitrogen and oxygen atoms in total. The minimum atomic E-state index is -0.278. The normalized spacial score (nSPS) is 13.4. The molecule has 2 rings (SSSR count). The maximum absolute atomic E-state index is 12.0. The van der Waals surface area contributed by atoms with Crippen LogP contribution >= 0.6 is 15.9 Å². The van der Waals surface area contributed by atoms with Crippen LogP contribution in [0.4, 0.5) is 0 Å². The van der Waals surface area contributed by atoms with Crippen molar-refractivity contribution in [2.75, 3.05) is 0 Å². The number of hydrogen-bond donors (Lipinski definition) is 2. The first kappa shape index (κ1) is 15.9. The second kappa shape index (κ2) is 6.11. The van der Waals surface area contributed by atoms with Gasteiger partial charge in [0.05, 0.1) is 24.1 Å². The number of imidazole rings is 1. The van der Waals surface area contributed by atoms with Gasteiger partial charge in [-0.25, -0.2) is 9.97 Å². The van der Waals surface area contributed by atoms with Crippen molar-refractivity contribution in [2.45, 2.75) is 45.8 Å². The van der Waals surface area contributed by atoms with E-state index in [1.807, 2.05) is 38.3 Å². The van der Waals surface area contributed by atoms with E-state index in [-0.39, 0.29) is 17.5 Å². The van der Waals surface area contributed by atoms with Crippen LogP contribution in [0.25, 0.3) is 5.65 Å². The molecule has 0 aliphatic heterocycles. The SMILES string of the molecule is CC(NCc1cnc2cnc(Br)cn12)C(=O)NC(C)(C)C. The quantitative estimate of drug-likeness (QED) is 0.880. The Morgan fingerprint density at radius 1 is 1.38 bits per heavy atom. The smallest absolute Gasteiger partial charge is 0.237 e. The number of halogens is 1. The Bertz CT molecular complexity index is 646. The zero-order valence-corrected chi connectivity index (χ0v) is 14.2. The monoisotopic (exact) mass is 353 g/mol. The largest absolute Gasteiger partial charge is 0.350 e. The van der Waals surface area contributed by atoms with Gasteiger partial charge in [0, 0.05) is 18.3 Å². The Hall–Kier alpha value is -1.47. The van der Waals surface area contributed by atoms with Crippen molar-refractivity contribution >= 4 is 27.5 Å². The minimum absolute atomic E-state index is 0.0147. The molecule has 0 spiro atoms. The Morgan fingerprint density at radius 2 is 2.10 bits per heavy atom. The van der Waals surface area contributed by atoms with E-state index in [0.717, 1.165) is 15.9 Å². The number of nitrogens with zero attached hydrogens (tertiary/aromatic N) is 3. The molecule has 1 amide bonds. The predicted octanol–water partition coefficient (Wildman–Crippen LogP) is 1.88. The van der Waals surface area contributed by atoms with Crippen molar-refractivity contribution < 1.29 is 4.79 Å². The summed E-state index contributed by atoms with van der Waals surface area (Å²) in [4.78, 5) is 20.4. The molecule has 0 saturated carbocycles. The van der Waals surface area contributed by atoms with Gasteiger partial charge in [0.25, 0.3) is 0 Å². The topological polar surface area (TPSA) is 71.3 Å². The summed E-state index contributed by atoms with van der Waals surface area (Å²) in [5.74, 6) is -0.0147. The third-order valence-electron chi connectivity index (χ3n) is 2.92. The van der Waals surface area contributed by atoms with Crippen molar-refractivity contribution in [3.05, 3.63) is 28.9 Å². The van der Waals surface area contributed by atoms with Crippen molar-refractivity contribution in [1.82, 2.24) is 25.0 Å². The van der Waals surface area contributed by atoms with E-state index in [0.29, 0.717) is 6.54 Å². The lowest BCUT2D eigenvalue weighted by Crippen LogP contribution is -2.49. The minimum Gasteiger partial charge on any atom is -0.350 e. The number of carbonyl (C=O) groups is 1. The highest BCUT2D eigenvalue weighted by atomic mass is 79.9. The van der Waals surface area contributed by atoms with Crippen LogP contribution in [0.5, 0.6) is 0 Å². The van der Waals surface area contributed by atoms with Crippen LogP contribution in [0.1, 0.15) is 33.4 Å². The fourth-order valence-corrected chi connectivity index (χ4v) is 2.18. The molecule has 0 bridgehead atoms. The van der Waals surface area contributed by atoms with Crippen LogP contribution in [0.15, 0.2) is 23.2 Å². The number of carbonyl (C=O) groups excluding carboxylic acids is 1. The number of nitrogens with one attached hydrogen (secondary N) is 2. The number of rotatable bonds is 4. The van der Waals surface area contributed by atoms with E-state index in [9.17, 15) is 4.79 Å². The van der Waals surface area contributed by atoms with Crippen molar-refractivity contribution in [1.29, 1.82) is 0 Å². The molecule has 2 N–H and O–H groups in total. The molecule has 1 unspecified atom stereocenters. The fraction of sp³-hybridized carbons (Fsp3) is 0.500. The molecule has 7 heteroatoms. The van der Waals surface area contributed by atoms with Crippen molar-refractivity contribution in [2.24, 2.45) is 0 Å². The van der Waals surface area contributed by atoms with Gasteiger partial charge in [0.2, 0.25) is 5.91 Å². The number of hydrogen-bond acceptors (Lipinski definition) is 4. The first-order valence-electron chi connectivity index (χ1n) is 6.79. The van der Waals surface area contributed by atoms with Gasteiger partial charge in [-0.2, -0.15) is 0 Å². The Kier molecular flexibility index (Phi) is 4.63. The zero-order chi connectivity index (χ0) is 15.6. The Labute approximate surface area is 132 Å². The van der Waals surface area contributed by atoms with Gasteiger partial charge in [0.15, 0.2) is 5.65 Å². The van der Waals surface area contributed by atoms with Crippen LogP contribution < -0.4 is 10.6 Å². The lowest BCUT2D eigenvalue weighted by molar-refractivity contribution is -0.124. The lowest BCUT2D eigenvalue weighted by Gasteiger charge is -2.23. The van der Waals surface area contributed by atoms with Gasteiger partial charge in [-0.1, -0.05) is 0 Å². The molecule has 2 heterocycles. The summed E-state index contributed by atoms with van der Waals surface area (Å²) in [7, 11) is 0. The second-order valence-electron chi connectivity index (χ2n) is 6.03. The summed E-state index contributed by atoms with van der Waals surface area (Å²) in [5, 5.41) is 6.16. The van der Waals surface area contributed by atoms with Crippen LogP contribution in [0, 0.1) is 0 Å². The van der Waals surface area contributed by atoms with Crippen LogP contribution in [0.3, 0.4) is 0 Å². The number of fused-ring (bicyclic) bond motifs is 1. The first-order chi connectivity index (χ1) is 9.76. The highest BCUT2D eigenvalue weighted by Gasteiger charge is 2.19. The van der Waals surface area contributed by atoms with E-state index < -0.39 is 0 Å². The van der Waals surface area contributed by atoms with E-state index >= 15 is 0 Å². The predicted molar refractivity (Wildman–Crippen MR) is 84.9 cm³/mol. The molecule has 0 aliphatic rings. The first-order valence-corrected chi connectivity index (χ1v) is 7.58. The van der Waals surface area contributed by atoms with Crippen LogP contribution in [-0.2, 0) is 11.3 Å². The Balaban J connectivity index is 2.01. The van der Waals surface area contributed by atoms with E-state index in [4.69, 9.17) is 0 Å². The highest BCUT2D eigenvalue weighted by molar-refractivity contribution is 9.10. The summed E-state index contributed by atoms with van der Waals surface area (Å²) < 4.78 is 2.69. The molecule has 2 aromatic rings. The number of aromatic nitrogens is 3. The lowest BCUT2D eigenvalue weighted by atomic mass is 10.1. The molecule has 2 aromatic heterocycles. The molecular formula is C14H20BrN5O. The van der Waals surface area contributed by atoms with Gasteiger partial charge < -0.3 is 10.6 Å². The van der Waals surface area contributed by atoms with Gasteiger partial charge in [0.1, 0.15) is 4.60 Å². The average molecular weight is 354 g/mol. The molecule has 0 fully saturated rings. The average Bonchev–Trinajstić information content (AvgIpc) is 2.76. The molecule has 21 heavy (non-hydrogen) atoms. The van der Waals surface area contributed by atoms with E-state index in [1.165, 1.54) is 0 Å². The van der Waals surface area contributed by atoms with Gasteiger partial charge >= 0.3 is 0 Å². The van der Waals surface area contributed by atoms with E-state index in [1.54, 1.807) is 12.4 Å². The van der Waals surface area contributed by atoms with Gasteiger partial charge in [-0.05, 0) is 43.6 Å². The van der Waals surface area contributed by atoms with Crippen molar-refractivity contribution in [3.63, 3.8) is 0 Å². The number of amides is 1.